The molecule has 3 heterocycles. The van der Waals surface area contributed by atoms with E-state index in [1.54, 1.807) is 12.1 Å². The molecule has 2 aliphatic heterocycles. The monoisotopic (exact) mass is 437 g/mol. The Morgan fingerprint density at radius 3 is 2.26 bits per heavy atom. The lowest BCUT2D eigenvalue weighted by atomic mass is 10.2. The van der Waals surface area contributed by atoms with Gasteiger partial charge in [0, 0.05) is 57.6 Å². The Balaban J connectivity index is 1.33. The highest BCUT2D eigenvalue weighted by molar-refractivity contribution is 5.46. The highest BCUT2D eigenvalue weighted by atomic mass is 19.4. The second-order valence-corrected chi connectivity index (χ2v) is 7.72. The third kappa shape index (κ3) is 5.98. The fourth-order valence-electron chi connectivity index (χ4n) is 3.79. The van der Waals surface area contributed by atoms with E-state index in [2.05, 4.69) is 24.4 Å². The molecule has 10 heteroatoms. The number of aryl methyl sites for hydroxylation is 1. The molecule has 0 atom stereocenters. The van der Waals surface area contributed by atoms with Gasteiger partial charge in [-0.2, -0.15) is 4.98 Å². The maximum absolute atomic E-state index is 12.3. The van der Waals surface area contributed by atoms with Crippen LogP contribution in [0.4, 0.5) is 24.9 Å². The van der Waals surface area contributed by atoms with Crippen LogP contribution in [0.5, 0.6) is 5.75 Å². The van der Waals surface area contributed by atoms with Crippen LogP contribution >= 0.6 is 0 Å². The lowest BCUT2D eigenvalue weighted by Gasteiger charge is -2.35. The van der Waals surface area contributed by atoms with Crippen molar-refractivity contribution in [2.24, 2.45) is 0 Å². The summed E-state index contributed by atoms with van der Waals surface area (Å²) in [5, 5.41) is 0. The Labute approximate surface area is 179 Å². The summed E-state index contributed by atoms with van der Waals surface area (Å²) in [5.74, 6) is 1.48. The summed E-state index contributed by atoms with van der Waals surface area (Å²) in [7, 11) is 0. The van der Waals surface area contributed by atoms with E-state index < -0.39 is 6.36 Å². The third-order valence-electron chi connectivity index (χ3n) is 5.38. The molecule has 0 saturated carbocycles. The van der Waals surface area contributed by atoms with E-state index in [1.165, 1.54) is 12.1 Å². The number of hydrogen-bond donors (Lipinski definition) is 0. The van der Waals surface area contributed by atoms with Gasteiger partial charge in [-0.1, -0.05) is 12.1 Å². The van der Waals surface area contributed by atoms with E-state index in [4.69, 9.17) is 9.72 Å². The van der Waals surface area contributed by atoms with Gasteiger partial charge < -0.3 is 19.3 Å². The molecule has 2 fully saturated rings. The van der Waals surface area contributed by atoms with Crippen molar-refractivity contribution in [1.29, 1.82) is 0 Å². The minimum atomic E-state index is -4.67. The Hall–Kier alpha value is -2.59. The molecule has 2 aliphatic rings. The lowest BCUT2D eigenvalue weighted by Crippen LogP contribution is -2.46. The SMILES string of the molecule is Cc1cc(N2CCOCC2)nc(N2CCN(Cc3ccc(OC(F)(F)F)cc3)CC2)n1. The predicted octanol–water partition coefficient (Wildman–Crippen LogP) is 2.84. The highest BCUT2D eigenvalue weighted by Crippen LogP contribution is 2.24. The van der Waals surface area contributed by atoms with E-state index in [-0.39, 0.29) is 5.75 Å². The molecule has 0 bridgehead atoms. The molecule has 2 aromatic rings. The maximum Gasteiger partial charge on any atom is 0.573 e. The minimum Gasteiger partial charge on any atom is -0.406 e. The summed E-state index contributed by atoms with van der Waals surface area (Å²) in [6, 6.07) is 8.06. The van der Waals surface area contributed by atoms with Gasteiger partial charge in [0.05, 0.1) is 13.2 Å². The van der Waals surface area contributed by atoms with Crippen LogP contribution in [0, 0.1) is 6.92 Å². The van der Waals surface area contributed by atoms with Crippen molar-refractivity contribution in [3.05, 3.63) is 41.6 Å². The Kier molecular flexibility index (Phi) is 6.47. The Morgan fingerprint density at radius 1 is 0.935 bits per heavy atom. The maximum atomic E-state index is 12.3. The average molecular weight is 437 g/mol. The molecule has 0 unspecified atom stereocenters. The predicted molar refractivity (Wildman–Crippen MR) is 110 cm³/mol. The molecule has 168 valence electrons. The summed E-state index contributed by atoms with van der Waals surface area (Å²) in [6.07, 6.45) is -4.67. The molecule has 0 aliphatic carbocycles. The zero-order chi connectivity index (χ0) is 21.8. The number of halogens is 3. The molecule has 4 rings (SSSR count). The molecule has 1 aromatic heterocycles. The van der Waals surface area contributed by atoms with Crippen molar-refractivity contribution < 1.29 is 22.6 Å². The van der Waals surface area contributed by atoms with Crippen LogP contribution < -0.4 is 14.5 Å². The number of ether oxygens (including phenoxy) is 2. The summed E-state index contributed by atoms with van der Waals surface area (Å²) in [6.45, 7) is 8.97. The van der Waals surface area contributed by atoms with Crippen LogP contribution in [0.3, 0.4) is 0 Å². The third-order valence-corrected chi connectivity index (χ3v) is 5.38. The molecule has 31 heavy (non-hydrogen) atoms. The molecular weight excluding hydrogens is 411 g/mol. The number of piperazine rings is 1. The van der Waals surface area contributed by atoms with Gasteiger partial charge >= 0.3 is 6.36 Å². The number of nitrogens with zero attached hydrogens (tertiary/aromatic N) is 5. The number of morpholine rings is 1. The van der Waals surface area contributed by atoms with Crippen LogP contribution in [0.1, 0.15) is 11.3 Å². The highest BCUT2D eigenvalue weighted by Gasteiger charge is 2.31. The number of hydrogen-bond acceptors (Lipinski definition) is 7. The van der Waals surface area contributed by atoms with Crippen LogP contribution in [-0.4, -0.2) is 73.7 Å². The van der Waals surface area contributed by atoms with Crippen LogP contribution in [0.2, 0.25) is 0 Å². The molecule has 1 aromatic carbocycles. The topological polar surface area (TPSA) is 54.0 Å². The Bertz CT molecular complexity index is 864. The summed E-state index contributed by atoms with van der Waals surface area (Å²) >= 11 is 0. The number of benzene rings is 1. The van der Waals surface area contributed by atoms with E-state index in [9.17, 15) is 13.2 Å². The number of rotatable bonds is 5. The van der Waals surface area contributed by atoms with E-state index in [0.717, 1.165) is 62.3 Å². The van der Waals surface area contributed by atoms with Crippen LogP contribution in [-0.2, 0) is 11.3 Å². The van der Waals surface area contributed by atoms with Crippen molar-refractivity contribution in [1.82, 2.24) is 14.9 Å². The summed E-state index contributed by atoms with van der Waals surface area (Å²) in [4.78, 5) is 16.1. The molecule has 2 saturated heterocycles. The van der Waals surface area contributed by atoms with Crippen molar-refractivity contribution in [3.63, 3.8) is 0 Å². The zero-order valence-electron chi connectivity index (χ0n) is 17.4. The average Bonchev–Trinajstić information content (AvgIpc) is 2.75. The van der Waals surface area contributed by atoms with Gasteiger partial charge in [0.2, 0.25) is 5.95 Å². The largest absolute Gasteiger partial charge is 0.573 e. The van der Waals surface area contributed by atoms with Crippen LogP contribution in [0.25, 0.3) is 0 Å². The molecule has 0 amide bonds. The number of anilines is 2. The van der Waals surface area contributed by atoms with Gasteiger partial charge in [-0.05, 0) is 24.6 Å². The Morgan fingerprint density at radius 2 is 1.61 bits per heavy atom. The van der Waals surface area contributed by atoms with E-state index in [1.807, 2.05) is 13.0 Å². The quantitative estimate of drug-likeness (QED) is 0.713. The smallest absolute Gasteiger partial charge is 0.406 e. The first kappa shape index (κ1) is 21.6. The van der Waals surface area contributed by atoms with E-state index in [0.29, 0.717) is 19.8 Å². The first-order valence-corrected chi connectivity index (χ1v) is 10.4. The fourth-order valence-corrected chi connectivity index (χ4v) is 3.79. The number of alkyl halides is 3. The molecule has 0 N–H and O–H groups in total. The van der Waals surface area contributed by atoms with Gasteiger partial charge in [-0.3, -0.25) is 4.90 Å². The second kappa shape index (κ2) is 9.27. The van der Waals surface area contributed by atoms with Crippen molar-refractivity contribution in [3.8, 4) is 5.75 Å². The molecular formula is C21H26F3N5O2. The van der Waals surface area contributed by atoms with Crippen molar-refractivity contribution >= 4 is 11.8 Å². The molecule has 7 nitrogen and oxygen atoms in total. The van der Waals surface area contributed by atoms with Crippen molar-refractivity contribution in [2.45, 2.75) is 19.8 Å². The summed E-state index contributed by atoms with van der Waals surface area (Å²) in [5.41, 5.74) is 1.89. The second-order valence-electron chi connectivity index (χ2n) is 7.72. The van der Waals surface area contributed by atoms with Gasteiger partial charge in [0.15, 0.2) is 0 Å². The van der Waals surface area contributed by atoms with E-state index >= 15 is 0 Å². The standard InChI is InChI=1S/C21H26F3N5O2/c1-16-14-19(28-10-12-30-13-11-28)26-20(25-16)29-8-6-27(7-9-29)15-17-2-4-18(5-3-17)31-21(22,23)24/h2-5,14H,6-13,15H2,1H3. The normalized spacial score (nSPS) is 18.3. The molecule has 0 spiro atoms. The lowest BCUT2D eigenvalue weighted by molar-refractivity contribution is -0.274. The van der Waals surface area contributed by atoms with Gasteiger partial charge in [0.25, 0.3) is 0 Å². The number of aromatic nitrogens is 2. The van der Waals surface area contributed by atoms with Crippen molar-refractivity contribution in [2.75, 3.05) is 62.3 Å². The summed E-state index contributed by atoms with van der Waals surface area (Å²) < 4.78 is 46.2. The van der Waals surface area contributed by atoms with Gasteiger partial charge in [-0.25, -0.2) is 4.98 Å². The zero-order valence-corrected chi connectivity index (χ0v) is 17.4. The first-order valence-electron chi connectivity index (χ1n) is 10.4. The van der Waals surface area contributed by atoms with Crippen LogP contribution in [0.15, 0.2) is 30.3 Å². The van der Waals surface area contributed by atoms with Gasteiger partial charge in [-0.15, -0.1) is 13.2 Å². The fraction of sp³-hybridized carbons (Fsp3) is 0.524. The first-order chi connectivity index (χ1) is 14.9. The van der Waals surface area contributed by atoms with Gasteiger partial charge in [0.1, 0.15) is 11.6 Å². The minimum absolute atomic E-state index is 0.200. The molecule has 0 radical (unpaired) electrons.